The molecule has 0 aliphatic carbocycles. The van der Waals surface area contributed by atoms with E-state index in [-0.39, 0.29) is 17.1 Å². The lowest BCUT2D eigenvalue weighted by molar-refractivity contribution is 0.238. The maximum absolute atomic E-state index is 12.5. The predicted molar refractivity (Wildman–Crippen MR) is 95.8 cm³/mol. The predicted octanol–water partition coefficient (Wildman–Crippen LogP) is 2.47. The summed E-state index contributed by atoms with van der Waals surface area (Å²) in [5, 5.41) is 21.5. The molecule has 1 aliphatic rings. The zero-order chi connectivity index (χ0) is 17.4. The summed E-state index contributed by atoms with van der Waals surface area (Å²) in [5.74, 6) is 0.881. The van der Waals surface area contributed by atoms with Crippen molar-refractivity contribution in [2.75, 3.05) is 6.54 Å². The summed E-state index contributed by atoms with van der Waals surface area (Å²) in [5.41, 5.74) is 2.04. The average Bonchev–Trinajstić information content (AvgIpc) is 3.13. The maximum Gasteiger partial charge on any atom is 0.255 e. The molecule has 4 rings (SSSR count). The zero-order valence-electron chi connectivity index (χ0n) is 13.4. The van der Waals surface area contributed by atoms with Crippen molar-refractivity contribution in [3.63, 3.8) is 0 Å². The van der Waals surface area contributed by atoms with Crippen LogP contribution in [0.1, 0.15) is 16.8 Å². The number of fused-ring (bicyclic) bond motifs is 1. The number of rotatable bonds is 3. The van der Waals surface area contributed by atoms with Gasteiger partial charge < -0.3 is 15.2 Å². The second-order valence-electron chi connectivity index (χ2n) is 6.09. The summed E-state index contributed by atoms with van der Waals surface area (Å²) in [6.45, 7) is 1.67. The number of aromatic amines is 1. The van der Waals surface area contributed by atoms with Crippen molar-refractivity contribution in [1.29, 1.82) is 0 Å². The van der Waals surface area contributed by atoms with Crippen LogP contribution in [0.2, 0.25) is 0 Å². The molecule has 0 spiro atoms. The molecule has 25 heavy (non-hydrogen) atoms. The van der Waals surface area contributed by atoms with E-state index < -0.39 is 0 Å². The molecular weight excluding hydrogens is 338 g/mol. The highest BCUT2D eigenvalue weighted by molar-refractivity contribution is 7.13. The summed E-state index contributed by atoms with van der Waals surface area (Å²) in [6, 6.07) is 8.35. The van der Waals surface area contributed by atoms with Gasteiger partial charge in [-0.3, -0.25) is 9.69 Å². The SMILES string of the molecule is O=c1[nH]c(-c2cccs2)nc2c1CN(Cc1cc(O)ccc1O)CC2. The van der Waals surface area contributed by atoms with E-state index in [1.165, 1.54) is 12.1 Å². The largest absolute Gasteiger partial charge is 0.508 e. The molecule has 0 saturated heterocycles. The third-order valence-corrected chi connectivity index (χ3v) is 5.24. The number of phenols is 2. The van der Waals surface area contributed by atoms with Crippen molar-refractivity contribution in [1.82, 2.24) is 14.9 Å². The minimum absolute atomic E-state index is 0.113. The number of phenolic OH excluding ortho intramolecular Hbond substituents is 2. The Morgan fingerprint density at radius 1 is 1.28 bits per heavy atom. The van der Waals surface area contributed by atoms with Gasteiger partial charge >= 0.3 is 0 Å². The van der Waals surface area contributed by atoms with Crippen LogP contribution < -0.4 is 5.56 Å². The van der Waals surface area contributed by atoms with Crippen LogP contribution >= 0.6 is 11.3 Å². The van der Waals surface area contributed by atoms with Crippen LogP contribution in [0.5, 0.6) is 11.5 Å². The van der Waals surface area contributed by atoms with Gasteiger partial charge in [-0.25, -0.2) is 4.98 Å². The summed E-state index contributed by atoms with van der Waals surface area (Å²) >= 11 is 1.55. The lowest BCUT2D eigenvalue weighted by Gasteiger charge is -2.27. The third kappa shape index (κ3) is 3.16. The lowest BCUT2D eigenvalue weighted by Crippen LogP contribution is -2.35. The first-order chi connectivity index (χ1) is 12.1. The third-order valence-electron chi connectivity index (χ3n) is 4.36. The molecule has 2 aromatic heterocycles. The van der Waals surface area contributed by atoms with Gasteiger partial charge in [0.05, 0.1) is 16.1 Å². The van der Waals surface area contributed by atoms with Crippen LogP contribution in [-0.4, -0.2) is 31.6 Å². The van der Waals surface area contributed by atoms with Gasteiger partial charge in [0.25, 0.3) is 5.56 Å². The van der Waals surface area contributed by atoms with E-state index in [1.807, 2.05) is 17.5 Å². The van der Waals surface area contributed by atoms with Crippen molar-refractivity contribution < 1.29 is 10.2 Å². The minimum Gasteiger partial charge on any atom is -0.508 e. The maximum atomic E-state index is 12.5. The second-order valence-corrected chi connectivity index (χ2v) is 7.04. The number of hydrogen-bond acceptors (Lipinski definition) is 6. The Kier molecular flexibility index (Phi) is 4.03. The molecule has 3 aromatic rings. The first-order valence-corrected chi connectivity index (χ1v) is 8.87. The van der Waals surface area contributed by atoms with Gasteiger partial charge in [0.1, 0.15) is 11.5 Å². The van der Waals surface area contributed by atoms with Gasteiger partial charge in [0.2, 0.25) is 0 Å². The quantitative estimate of drug-likeness (QED) is 0.628. The fraction of sp³-hybridized carbons (Fsp3) is 0.222. The van der Waals surface area contributed by atoms with E-state index >= 15 is 0 Å². The molecule has 0 radical (unpaired) electrons. The second kappa shape index (κ2) is 6.34. The van der Waals surface area contributed by atoms with E-state index in [1.54, 1.807) is 17.4 Å². The van der Waals surface area contributed by atoms with E-state index in [9.17, 15) is 15.0 Å². The van der Waals surface area contributed by atoms with Crippen LogP contribution in [-0.2, 0) is 19.5 Å². The highest BCUT2D eigenvalue weighted by Gasteiger charge is 2.22. The van der Waals surface area contributed by atoms with Crippen LogP contribution in [0.25, 0.3) is 10.7 Å². The van der Waals surface area contributed by atoms with E-state index in [2.05, 4.69) is 14.9 Å². The Labute approximate surface area is 148 Å². The molecule has 0 amide bonds. The molecule has 0 bridgehead atoms. The van der Waals surface area contributed by atoms with Crippen LogP contribution in [0.15, 0.2) is 40.5 Å². The summed E-state index contributed by atoms with van der Waals surface area (Å²) in [6.07, 6.45) is 0.678. The van der Waals surface area contributed by atoms with Crippen molar-refractivity contribution >= 4 is 11.3 Å². The smallest absolute Gasteiger partial charge is 0.255 e. The normalized spacial score (nSPS) is 14.4. The number of aromatic nitrogens is 2. The molecule has 6 nitrogen and oxygen atoms in total. The van der Waals surface area contributed by atoms with Crippen molar-refractivity contribution in [2.24, 2.45) is 0 Å². The number of thiophene rings is 1. The molecule has 0 saturated carbocycles. The van der Waals surface area contributed by atoms with Gasteiger partial charge in [-0.05, 0) is 29.6 Å². The van der Waals surface area contributed by atoms with Crippen LogP contribution in [0.3, 0.4) is 0 Å². The van der Waals surface area contributed by atoms with Gasteiger partial charge in [-0.2, -0.15) is 0 Å². The Morgan fingerprint density at radius 2 is 2.16 bits per heavy atom. The number of benzene rings is 1. The highest BCUT2D eigenvalue weighted by Crippen LogP contribution is 2.26. The number of hydrogen-bond donors (Lipinski definition) is 3. The van der Waals surface area contributed by atoms with E-state index in [0.29, 0.717) is 36.5 Å². The molecule has 128 valence electrons. The lowest BCUT2D eigenvalue weighted by atomic mass is 10.1. The first kappa shape index (κ1) is 15.9. The topological polar surface area (TPSA) is 89.5 Å². The van der Waals surface area contributed by atoms with Gasteiger partial charge in [-0.1, -0.05) is 6.07 Å². The summed E-state index contributed by atoms with van der Waals surface area (Å²) in [4.78, 5) is 23.0. The molecule has 0 fully saturated rings. The Balaban J connectivity index is 1.59. The minimum atomic E-state index is -0.113. The van der Waals surface area contributed by atoms with Crippen LogP contribution in [0, 0.1) is 0 Å². The van der Waals surface area contributed by atoms with E-state index in [4.69, 9.17) is 0 Å². The molecule has 3 N–H and O–H groups in total. The highest BCUT2D eigenvalue weighted by atomic mass is 32.1. The van der Waals surface area contributed by atoms with Gasteiger partial charge in [-0.15, -0.1) is 11.3 Å². The van der Waals surface area contributed by atoms with E-state index in [0.717, 1.165) is 17.1 Å². The molecule has 1 aliphatic heterocycles. The number of nitrogens with zero attached hydrogens (tertiary/aromatic N) is 2. The fourth-order valence-corrected chi connectivity index (χ4v) is 3.75. The number of aromatic hydroxyl groups is 2. The van der Waals surface area contributed by atoms with Crippen molar-refractivity contribution in [3.8, 4) is 22.2 Å². The number of nitrogens with one attached hydrogen (secondary N) is 1. The molecule has 0 unspecified atom stereocenters. The fourth-order valence-electron chi connectivity index (χ4n) is 3.09. The monoisotopic (exact) mass is 355 g/mol. The summed E-state index contributed by atoms with van der Waals surface area (Å²) in [7, 11) is 0. The Bertz CT molecular complexity index is 966. The number of H-pyrrole nitrogens is 1. The molecular formula is C18H17N3O3S. The molecule has 0 atom stereocenters. The van der Waals surface area contributed by atoms with Crippen molar-refractivity contribution in [3.05, 3.63) is 62.9 Å². The van der Waals surface area contributed by atoms with Crippen LogP contribution in [0.4, 0.5) is 0 Å². The Morgan fingerprint density at radius 3 is 2.96 bits per heavy atom. The zero-order valence-corrected chi connectivity index (χ0v) is 14.2. The van der Waals surface area contributed by atoms with Gasteiger partial charge in [0.15, 0.2) is 5.82 Å². The summed E-state index contributed by atoms with van der Waals surface area (Å²) < 4.78 is 0. The van der Waals surface area contributed by atoms with Crippen molar-refractivity contribution in [2.45, 2.75) is 19.5 Å². The Hall–Kier alpha value is -2.64. The molecule has 7 heteroatoms. The average molecular weight is 355 g/mol. The standard InChI is InChI=1S/C18H17N3O3S/c22-12-3-4-15(23)11(8-12)9-21-6-5-14-13(10-21)18(24)20-17(19-14)16-2-1-7-25-16/h1-4,7-8,22-23H,5-6,9-10H2,(H,19,20,24). The first-order valence-electron chi connectivity index (χ1n) is 7.99. The molecule has 1 aromatic carbocycles. The molecule has 3 heterocycles. The van der Waals surface area contributed by atoms with Gasteiger partial charge in [0, 0.05) is 31.6 Å².